The van der Waals surface area contributed by atoms with E-state index in [4.69, 9.17) is 4.74 Å². The Morgan fingerprint density at radius 2 is 1.95 bits per heavy atom. The third kappa shape index (κ3) is 4.60. The fourth-order valence-corrected chi connectivity index (χ4v) is 2.06. The summed E-state index contributed by atoms with van der Waals surface area (Å²) in [6, 6.07) is 5.30. The number of anilines is 1. The van der Waals surface area contributed by atoms with E-state index in [1.165, 1.54) is 25.3 Å². The number of halogens is 1. The molecule has 0 fully saturated rings. The van der Waals surface area contributed by atoms with Crippen molar-refractivity contribution in [3.05, 3.63) is 24.3 Å². The Bertz CT molecular complexity index is 569. The number of methoxy groups -OCH3 is 1. The third-order valence-electron chi connectivity index (χ3n) is 2.56. The number of ether oxygens (including phenoxy) is 1. The highest BCUT2D eigenvalue weighted by molar-refractivity contribution is 7.86. The van der Waals surface area contributed by atoms with Gasteiger partial charge in [0.25, 0.3) is 0 Å². The molecule has 0 aliphatic carbocycles. The van der Waals surface area contributed by atoms with Crippen LogP contribution in [0.5, 0.6) is 0 Å². The Morgan fingerprint density at radius 1 is 1.37 bits per heavy atom. The van der Waals surface area contributed by atoms with Crippen LogP contribution in [0.25, 0.3) is 0 Å². The lowest BCUT2D eigenvalue weighted by Crippen LogP contribution is -2.29. The van der Waals surface area contributed by atoms with Crippen LogP contribution in [0.4, 0.5) is 9.57 Å². The average molecular weight is 289 g/mol. The highest BCUT2D eigenvalue weighted by atomic mass is 32.3. The highest BCUT2D eigenvalue weighted by Gasteiger charge is 2.23. The second-order valence-electron chi connectivity index (χ2n) is 4.62. The van der Waals surface area contributed by atoms with Crippen molar-refractivity contribution in [1.82, 2.24) is 0 Å². The first-order chi connectivity index (χ1) is 8.65. The van der Waals surface area contributed by atoms with Gasteiger partial charge in [0.05, 0.1) is 17.7 Å². The highest BCUT2D eigenvalue weighted by Crippen LogP contribution is 2.23. The average Bonchev–Trinajstić information content (AvgIpc) is 2.27. The molecular formula is C12H16FNO4S. The summed E-state index contributed by atoms with van der Waals surface area (Å²) in [6.45, 7) is 3.43. The van der Waals surface area contributed by atoms with Crippen LogP contribution in [0.15, 0.2) is 29.2 Å². The molecule has 1 aromatic rings. The van der Waals surface area contributed by atoms with Crippen molar-refractivity contribution in [2.24, 2.45) is 0 Å². The fraction of sp³-hybridized carbons (Fsp3) is 0.417. The van der Waals surface area contributed by atoms with Gasteiger partial charge < -0.3 is 10.1 Å². The van der Waals surface area contributed by atoms with Crippen LogP contribution in [-0.2, 0) is 19.8 Å². The molecule has 7 heteroatoms. The molecule has 1 aromatic carbocycles. The van der Waals surface area contributed by atoms with E-state index < -0.39 is 26.6 Å². The van der Waals surface area contributed by atoms with E-state index in [2.05, 4.69) is 5.32 Å². The minimum atomic E-state index is -4.87. The molecular weight excluding hydrogens is 273 g/mol. The molecule has 0 heterocycles. The van der Waals surface area contributed by atoms with Gasteiger partial charge in [0.2, 0.25) is 5.91 Å². The van der Waals surface area contributed by atoms with Crippen molar-refractivity contribution >= 4 is 21.8 Å². The zero-order chi connectivity index (χ0) is 14.7. The van der Waals surface area contributed by atoms with Gasteiger partial charge in [-0.3, -0.25) is 4.79 Å². The smallest absolute Gasteiger partial charge is 0.334 e. The lowest BCUT2D eigenvalue weighted by Gasteiger charge is -2.22. The van der Waals surface area contributed by atoms with Crippen molar-refractivity contribution in [3.8, 4) is 0 Å². The lowest BCUT2D eigenvalue weighted by molar-refractivity contribution is -0.121. The number of rotatable bonds is 5. The predicted octanol–water partition coefficient (Wildman–Crippen LogP) is 2.10. The van der Waals surface area contributed by atoms with Crippen molar-refractivity contribution in [3.63, 3.8) is 0 Å². The van der Waals surface area contributed by atoms with Gasteiger partial charge in [0, 0.05) is 7.11 Å². The van der Waals surface area contributed by atoms with E-state index in [1.54, 1.807) is 13.8 Å². The molecule has 1 rings (SSSR count). The Balaban J connectivity index is 2.93. The van der Waals surface area contributed by atoms with Gasteiger partial charge in [-0.1, -0.05) is 12.1 Å². The number of carbonyl (C=O) groups is 1. The molecule has 0 bridgehead atoms. The maximum Gasteiger partial charge on any atom is 0.334 e. The molecule has 5 nitrogen and oxygen atoms in total. The van der Waals surface area contributed by atoms with E-state index in [0.717, 1.165) is 6.07 Å². The molecule has 0 aliphatic rings. The second kappa shape index (κ2) is 5.66. The van der Waals surface area contributed by atoms with Crippen molar-refractivity contribution in [2.45, 2.75) is 30.8 Å². The van der Waals surface area contributed by atoms with Crippen LogP contribution in [0.3, 0.4) is 0 Å². The van der Waals surface area contributed by atoms with E-state index >= 15 is 0 Å². The summed E-state index contributed by atoms with van der Waals surface area (Å²) in [5.41, 5.74) is -0.768. The summed E-state index contributed by atoms with van der Waals surface area (Å²) in [6.07, 6.45) is 0.0180. The number of nitrogens with one attached hydrogen (secondary N) is 1. The molecule has 19 heavy (non-hydrogen) atoms. The largest absolute Gasteiger partial charge is 0.378 e. The molecule has 0 saturated heterocycles. The van der Waals surface area contributed by atoms with Crippen LogP contribution in [0.1, 0.15) is 20.3 Å². The Kier molecular flexibility index (Phi) is 4.65. The minimum Gasteiger partial charge on any atom is -0.378 e. The van der Waals surface area contributed by atoms with Gasteiger partial charge in [-0.15, -0.1) is 3.89 Å². The van der Waals surface area contributed by atoms with Gasteiger partial charge in [0.1, 0.15) is 4.90 Å². The zero-order valence-corrected chi connectivity index (χ0v) is 11.8. The van der Waals surface area contributed by atoms with E-state index in [0.29, 0.717) is 0 Å². The fourth-order valence-electron chi connectivity index (χ4n) is 1.44. The summed E-state index contributed by atoms with van der Waals surface area (Å²) in [5, 5.41) is 2.37. The number of benzene rings is 1. The molecule has 106 valence electrons. The van der Waals surface area contributed by atoms with Crippen molar-refractivity contribution in [2.75, 3.05) is 12.4 Å². The van der Waals surface area contributed by atoms with E-state index in [9.17, 15) is 17.1 Å². The topological polar surface area (TPSA) is 72.5 Å². The van der Waals surface area contributed by atoms with Gasteiger partial charge >= 0.3 is 10.2 Å². The normalized spacial score (nSPS) is 12.2. The molecule has 0 aromatic heterocycles. The zero-order valence-electron chi connectivity index (χ0n) is 10.9. The van der Waals surface area contributed by atoms with Gasteiger partial charge in [-0.2, -0.15) is 8.42 Å². The monoisotopic (exact) mass is 289 g/mol. The van der Waals surface area contributed by atoms with E-state index in [-0.39, 0.29) is 12.1 Å². The Morgan fingerprint density at radius 3 is 2.47 bits per heavy atom. The van der Waals surface area contributed by atoms with Crippen LogP contribution >= 0.6 is 0 Å². The standard InChI is InChI=1S/C12H16FNO4S/c1-12(2,18-3)8-11(15)14-9-6-4-5-7-10(9)19(13,16)17/h4-7H,8H2,1-3H3,(H,14,15). The van der Waals surface area contributed by atoms with Gasteiger partial charge in [-0.05, 0) is 26.0 Å². The molecule has 0 saturated carbocycles. The quantitative estimate of drug-likeness (QED) is 0.842. The van der Waals surface area contributed by atoms with Crippen molar-refractivity contribution in [1.29, 1.82) is 0 Å². The van der Waals surface area contributed by atoms with Crippen LogP contribution < -0.4 is 5.32 Å². The summed E-state index contributed by atoms with van der Waals surface area (Å²) in [4.78, 5) is 11.2. The molecule has 0 radical (unpaired) electrons. The van der Waals surface area contributed by atoms with Crippen LogP contribution in [-0.4, -0.2) is 27.0 Å². The lowest BCUT2D eigenvalue weighted by atomic mass is 10.0. The first kappa shape index (κ1) is 15.6. The maximum absolute atomic E-state index is 13.0. The van der Waals surface area contributed by atoms with Crippen LogP contribution in [0.2, 0.25) is 0 Å². The second-order valence-corrected chi connectivity index (χ2v) is 5.94. The number of hydrogen-bond acceptors (Lipinski definition) is 4. The molecule has 0 atom stereocenters. The SMILES string of the molecule is COC(C)(C)CC(=O)Nc1ccccc1S(=O)(=O)F. The van der Waals surface area contributed by atoms with Gasteiger partial charge in [-0.25, -0.2) is 0 Å². The van der Waals surface area contributed by atoms with E-state index in [1.807, 2.05) is 0 Å². The predicted molar refractivity (Wildman–Crippen MR) is 69.1 cm³/mol. The van der Waals surface area contributed by atoms with Gasteiger partial charge in [0.15, 0.2) is 0 Å². The summed E-state index contributed by atoms with van der Waals surface area (Å²) in [7, 11) is -3.41. The third-order valence-corrected chi connectivity index (χ3v) is 3.44. The molecule has 0 spiro atoms. The molecule has 1 amide bonds. The molecule has 1 N–H and O–H groups in total. The number of carbonyl (C=O) groups excluding carboxylic acids is 1. The maximum atomic E-state index is 13.0. The molecule has 0 unspecified atom stereocenters. The first-order valence-corrected chi connectivity index (χ1v) is 6.93. The summed E-state index contributed by atoms with van der Waals surface area (Å²) >= 11 is 0. The summed E-state index contributed by atoms with van der Waals surface area (Å²) < 4.78 is 40.0. The Hall–Kier alpha value is -1.47. The van der Waals surface area contributed by atoms with Crippen LogP contribution in [0, 0.1) is 0 Å². The number of para-hydroxylation sites is 1. The number of hydrogen-bond donors (Lipinski definition) is 1. The first-order valence-electron chi connectivity index (χ1n) is 5.54. The molecule has 0 aliphatic heterocycles. The number of amides is 1. The minimum absolute atomic E-state index is 0.0180. The van der Waals surface area contributed by atoms with Crippen molar-refractivity contribution < 1.29 is 21.8 Å². The summed E-state index contributed by atoms with van der Waals surface area (Å²) in [5.74, 6) is -0.456. The Labute approximate surface area is 112 Å².